The second kappa shape index (κ2) is 3.97. The van der Waals surface area contributed by atoms with E-state index in [4.69, 9.17) is 11.6 Å². The molecule has 1 fully saturated rings. The zero-order valence-corrected chi connectivity index (χ0v) is 10.2. The fourth-order valence-electron chi connectivity index (χ4n) is 1.83. The molecule has 0 atom stereocenters. The van der Waals surface area contributed by atoms with Gasteiger partial charge in [0.05, 0.1) is 0 Å². The molecule has 1 saturated carbocycles. The summed E-state index contributed by atoms with van der Waals surface area (Å²) in [6.45, 7) is 7.01. The van der Waals surface area contributed by atoms with E-state index in [-0.39, 0.29) is 0 Å². The van der Waals surface area contributed by atoms with Crippen LogP contribution in [0.2, 0.25) is 5.15 Å². The summed E-state index contributed by atoms with van der Waals surface area (Å²) in [5, 5.41) is 0.580. The Morgan fingerprint density at radius 2 is 2.00 bits per heavy atom. The zero-order chi connectivity index (χ0) is 11.0. The highest BCUT2D eigenvalue weighted by atomic mass is 35.5. The van der Waals surface area contributed by atoms with Gasteiger partial charge in [-0.15, -0.1) is 0 Å². The third kappa shape index (κ3) is 2.07. The molecule has 3 nitrogen and oxygen atoms in total. The lowest BCUT2D eigenvalue weighted by Crippen LogP contribution is -2.27. The predicted molar refractivity (Wildman–Crippen MR) is 62.6 cm³/mol. The van der Waals surface area contributed by atoms with E-state index in [2.05, 4.69) is 21.8 Å². The van der Waals surface area contributed by atoms with Gasteiger partial charge in [0.2, 0.25) is 0 Å². The molecule has 0 amide bonds. The van der Waals surface area contributed by atoms with Crippen molar-refractivity contribution in [3.8, 4) is 0 Å². The number of hydrogen-bond acceptors (Lipinski definition) is 3. The molecule has 0 unspecified atom stereocenters. The monoisotopic (exact) mass is 225 g/mol. The first kappa shape index (κ1) is 10.7. The predicted octanol–water partition coefficient (Wildman–Crippen LogP) is 2.74. The van der Waals surface area contributed by atoms with E-state index in [1.807, 2.05) is 13.8 Å². The summed E-state index contributed by atoms with van der Waals surface area (Å²) in [6, 6.07) is 0.666. The fourth-order valence-corrected chi connectivity index (χ4v) is 2.03. The van der Waals surface area contributed by atoms with Crippen molar-refractivity contribution in [3.05, 3.63) is 16.5 Å². The minimum Gasteiger partial charge on any atom is -0.354 e. The van der Waals surface area contributed by atoms with E-state index < -0.39 is 0 Å². The summed E-state index contributed by atoms with van der Waals surface area (Å²) >= 11 is 6.07. The van der Waals surface area contributed by atoms with Crippen LogP contribution in [-0.4, -0.2) is 22.6 Å². The maximum absolute atomic E-state index is 6.07. The third-order valence-electron chi connectivity index (χ3n) is 2.77. The highest BCUT2D eigenvalue weighted by Gasteiger charge is 2.30. The van der Waals surface area contributed by atoms with Crippen LogP contribution in [0.1, 0.15) is 31.2 Å². The van der Waals surface area contributed by atoms with Gasteiger partial charge in [-0.05, 0) is 33.6 Å². The molecule has 0 bridgehead atoms. The number of rotatable bonds is 3. The topological polar surface area (TPSA) is 29.0 Å². The van der Waals surface area contributed by atoms with E-state index in [0.717, 1.165) is 23.8 Å². The Kier molecular flexibility index (Phi) is 2.83. The van der Waals surface area contributed by atoms with Gasteiger partial charge in [0.15, 0.2) is 0 Å². The van der Waals surface area contributed by atoms with Gasteiger partial charge in [0.1, 0.15) is 16.8 Å². The molecular weight excluding hydrogens is 210 g/mol. The van der Waals surface area contributed by atoms with Crippen molar-refractivity contribution in [2.75, 3.05) is 11.4 Å². The number of aromatic nitrogens is 2. The van der Waals surface area contributed by atoms with E-state index in [1.54, 1.807) is 0 Å². The van der Waals surface area contributed by atoms with Crippen molar-refractivity contribution < 1.29 is 0 Å². The van der Waals surface area contributed by atoms with Gasteiger partial charge in [-0.2, -0.15) is 0 Å². The average Bonchev–Trinajstić information content (AvgIpc) is 2.98. The molecular formula is C11H16ClN3. The third-order valence-corrected chi connectivity index (χ3v) is 3.14. The van der Waals surface area contributed by atoms with Crippen LogP contribution in [0.4, 0.5) is 5.82 Å². The maximum Gasteiger partial charge on any atom is 0.137 e. The summed E-state index contributed by atoms with van der Waals surface area (Å²) in [7, 11) is 0. The molecule has 0 radical (unpaired) electrons. The molecule has 0 saturated heterocycles. The average molecular weight is 226 g/mol. The summed E-state index contributed by atoms with van der Waals surface area (Å²) in [5.74, 6) is 1.76. The molecule has 1 aliphatic rings. The number of anilines is 1. The largest absolute Gasteiger partial charge is 0.354 e. The Balaban J connectivity index is 2.40. The molecule has 0 N–H and O–H groups in total. The zero-order valence-electron chi connectivity index (χ0n) is 9.42. The minimum atomic E-state index is 0.580. The minimum absolute atomic E-state index is 0.580. The molecule has 1 aromatic rings. The summed E-state index contributed by atoms with van der Waals surface area (Å²) in [5.41, 5.74) is 0.996. The molecule has 0 aliphatic heterocycles. The van der Waals surface area contributed by atoms with Gasteiger partial charge < -0.3 is 4.90 Å². The molecule has 15 heavy (non-hydrogen) atoms. The SMILES string of the molecule is CCN(c1nc(C)nc(Cl)c1C)C1CC1. The maximum atomic E-state index is 6.07. The van der Waals surface area contributed by atoms with Gasteiger partial charge in [0.25, 0.3) is 0 Å². The van der Waals surface area contributed by atoms with E-state index >= 15 is 0 Å². The van der Waals surface area contributed by atoms with Crippen molar-refractivity contribution in [1.29, 1.82) is 0 Å². The van der Waals surface area contributed by atoms with Crippen LogP contribution in [0.5, 0.6) is 0 Å². The smallest absolute Gasteiger partial charge is 0.137 e. The van der Waals surface area contributed by atoms with Crippen LogP contribution >= 0.6 is 11.6 Å². The van der Waals surface area contributed by atoms with Gasteiger partial charge in [0, 0.05) is 18.2 Å². The van der Waals surface area contributed by atoms with Gasteiger partial charge >= 0.3 is 0 Å². The second-order valence-electron chi connectivity index (χ2n) is 4.03. The van der Waals surface area contributed by atoms with Crippen LogP contribution in [0, 0.1) is 13.8 Å². The Labute approximate surface area is 95.5 Å². The molecule has 0 spiro atoms. The first-order chi connectivity index (χ1) is 7.13. The number of aryl methyl sites for hydroxylation is 1. The molecule has 82 valence electrons. The Bertz CT molecular complexity index is 374. The summed E-state index contributed by atoms with van der Waals surface area (Å²) in [4.78, 5) is 11.0. The normalized spacial score (nSPS) is 15.5. The van der Waals surface area contributed by atoms with Crippen LogP contribution in [-0.2, 0) is 0 Å². The first-order valence-corrected chi connectivity index (χ1v) is 5.78. The number of nitrogens with zero attached hydrogens (tertiary/aromatic N) is 3. The molecule has 1 aliphatic carbocycles. The highest BCUT2D eigenvalue weighted by Crippen LogP contribution is 2.33. The van der Waals surface area contributed by atoms with Crippen molar-refractivity contribution in [2.24, 2.45) is 0 Å². The molecule has 4 heteroatoms. The van der Waals surface area contributed by atoms with Crippen molar-refractivity contribution in [2.45, 2.75) is 39.7 Å². The lowest BCUT2D eigenvalue weighted by Gasteiger charge is -2.23. The van der Waals surface area contributed by atoms with E-state index in [9.17, 15) is 0 Å². The number of hydrogen-bond donors (Lipinski definition) is 0. The van der Waals surface area contributed by atoms with Crippen LogP contribution in [0.3, 0.4) is 0 Å². The highest BCUT2D eigenvalue weighted by molar-refractivity contribution is 6.30. The van der Waals surface area contributed by atoms with Crippen LogP contribution in [0.25, 0.3) is 0 Å². The van der Waals surface area contributed by atoms with Crippen molar-refractivity contribution in [3.63, 3.8) is 0 Å². The van der Waals surface area contributed by atoms with Gasteiger partial charge in [-0.3, -0.25) is 0 Å². The van der Waals surface area contributed by atoms with E-state index in [1.165, 1.54) is 12.8 Å². The Morgan fingerprint density at radius 1 is 1.33 bits per heavy atom. The molecule has 1 heterocycles. The molecule has 0 aromatic carbocycles. The second-order valence-corrected chi connectivity index (χ2v) is 4.39. The fraction of sp³-hybridized carbons (Fsp3) is 0.636. The van der Waals surface area contributed by atoms with Crippen LogP contribution < -0.4 is 4.90 Å². The number of halogens is 1. The van der Waals surface area contributed by atoms with Crippen molar-refractivity contribution >= 4 is 17.4 Å². The molecule has 1 aromatic heterocycles. The molecule has 2 rings (SSSR count). The van der Waals surface area contributed by atoms with Gasteiger partial charge in [-0.25, -0.2) is 9.97 Å². The lowest BCUT2D eigenvalue weighted by atomic mass is 10.3. The summed E-state index contributed by atoms with van der Waals surface area (Å²) < 4.78 is 0. The Morgan fingerprint density at radius 3 is 2.53 bits per heavy atom. The van der Waals surface area contributed by atoms with E-state index in [0.29, 0.717) is 11.2 Å². The first-order valence-electron chi connectivity index (χ1n) is 5.41. The van der Waals surface area contributed by atoms with Crippen molar-refractivity contribution in [1.82, 2.24) is 9.97 Å². The Hall–Kier alpha value is -0.830. The van der Waals surface area contributed by atoms with Gasteiger partial charge in [-0.1, -0.05) is 11.6 Å². The summed E-state index contributed by atoms with van der Waals surface area (Å²) in [6.07, 6.45) is 2.54. The van der Waals surface area contributed by atoms with Crippen LogP contribution in [0.15, 0.2) is 0 Å². The lowest BCUT2D eigenvalue weighted by molar-refractivity contribution is 0.793. The quantitative estimate of drug-likeness (QED) is 0.741. The standard InChI is InChI=1S/C11H16ClN3/c1-4-15(9-5-6-9)11-7(2)10(12)13-8(3)14-11/h9H,4-6H2,1-3H3.